The Morgan fingerprint density at radius 2 is 2.00 bits per heavy atom. The van der Waals surface area contributed by atoms with Gasteiger partial charge < -0.3 is 10.4 Å². The molecule has 0 bridgehead atoms. The summed E-state index contributed by atoms with van der Waals surface area (Å²) in [7, 11) is 1.96. The molecule has 0 atom stereocenters. The van der Waals surface area contributed by atoms with E-state index in [2.05, 4.69) is 5.32 Å². The lowest BCUT2D eigenvalue weighted by atomic mass is 9.80. The van der Waals surface area contributed by atoms with Gasteiger partial charge in [-0.3, -0.25) is 4.79 Å². The second-order valence-corrected chi connectivity index (χ2v) is 3.95. The Hall–Kier alpha value is -0.570. The fourth-order valence-electron chi connectivity index (χ4n) is 2.05. The summed E-state index contributed by atoms with van der Waals surface area (Å²) in [6.45, 7) is 1.06. The number of aliphatic carboxylic acids is 1. The predicted octanol–water partition coefficient (Wildman–Crippen LogP) is 1.49. The Morgan fingerprint density at radius 1 is 1.38 bits per heavy atom. The van der Waals surface area contributed by atoms with Gasteiger partial charge in [-0.2, -0.15) is 0 Å². The molecule has 0 heterocycles. The molecule has 76 valence electrons. The topological polar surface area (TPSA) is 49.3 Å². The van der Waals surface area contributed by atoms with Crippen LogP contribution in [0.4, 0.5) is 0 Å². The Kier molecular flexibility index (Phi) is 4.22. The van der Waals surface area contributed by atoms with Crippen LogP contribution in [0.25, 0.3) is 0 Å². The van der Waals surface area contributed by atoms with Crippen molar-refractivity contribution in [3.8, 4) is 0 Å². The van der Waals surface area contributed by atoms with Crippen LogP contribution in [0.3, 0.4) is 0 Å². The highest BCUT2D eigenvalue weighted by Gasteiger charge is 2.25. The zero-order valence-corrected chi connectivity index (χ0v) is 8.25. The van der Waals surface area contributed by atoms with Crippen LogP contribution < -0.4 is 5.32 Å². The molecule has 0 aromatic heterocycles. The quantitative estimate of drug-likeness (QED) is 0.697. The third kappa shape index (κ3) is 3.35. The first-order valence-electron chi connectivity index (χ1n) is 5.11. The fraction of sp³-hybridized carbons (Fsp3) is 0.900. The van der Waals surface area contributed by atoms with E-state index >= 15 is 0 Å². The van der Waals surface area contributed by atoms with Gasteiger partial charge in [0.1, 0.15) is 0 Å². The van der Waals surface area contributed by atoms with Crippen LogP contribution in [0.15, 0.2) is 0 Å². The minimum absolute atomic E-state index is 0.0640. The van der Waals surface area contributed by atoms with Crippen LogP contribution in [-0.2, 0) is 4.79 Å². The van der Waals surface area contributed by atoms with Gasteiger partial charge in [-0.15, -0.1) is 0 Å². The Balaban J connectivity index is 2.18. The SMILES string of the molecule is CNCCC1CCC(C(=O)O)CC1. The summed E-state index contributed by atoms with van der Waals surface area (Å²) in [5, 5.41) is 11.9. The number of carboxylic acid groups (broad SMARTS) is 1. The molecule has 2 N–H and O–H groups in total. The van der Waals surface area contributed by atoms with E-state index in [4.69, 9.17) is 5.11 Å². The lowest BCUT2D eigenvalue weighted by Crippen LogP contribution is -2.23. The molecule has 0 spiro atoms. The molecule has 1 aliphatic carbocycles. The van der Waals surface area contributed by atoms with Gasteiger partial charge >= 0.3 is 5.97 Å². The second kappa shape index (κ2) is 5.22. The molecule has 0 amide bonds. The first-order valence-corrected chi connectivity index (χ1v) is 5.11. The summed E-state index contributed by atoms with van der Waals surface area (Å²) in [6.07, 6.45) is 5.15. The van der Waals surface area contributed by atoms with Crippen molar-refractivity contribution >= 4 is 5.97 Å². The molecule has 13 heavy (non-hydrogen) atoms. The van der Waals surface area contributed by atoms with Crippen LogP contribution in [0, 0.1) is 11.8 Å². The van der Waals surface area contributed by atoms with Gasteiger partial charge in [0.2, 0.25) is 0 Å². The summed E-state index contributed by atoms with van der Waals surface area (Å²) in [6, 6.07) is 0. The van der Waals surface area contributed by atoms with E-state index < -0.39 is 5.97 Å². The molecule has 0 aromatic carbocycles. The Morgan fingerprint density at radius 3 is 2.46 bits per heavy atom. The van der Waals surface area contributed by atoms with Crippen molar-refractivity contribution in [3.63, 3.8) is 0 Å². The summed E-state index contributed by atoms with van der Waals surface area (Å²) < 4.78 is 0. The third-order valence-electron chi connectivity index (χ3n) is 3.00. The first kappa shape index (κ1) is 10.5. The number of hydrogen-bond acceptors (Lipinski definition) is 2. The van der Waals surface area contributed by atoms with Gasteiger partial charge in [0, 0.05) is 0 Å². The molecule has 3 heteroatoms. The molecule has 1 aliphatic rings. The molecule has 1 rings (SSSR count). The second-order valence-electron chi connectivity index (χ2n) is 3.95. The average Bonchev–Trinajstić information content (AvgIpc) is 2.15. The lowest BCUT2D eigenvalue weighted by Gasteiger charge is -2.25. The van der Waals surface area contributed by atoms with Crippen molar-refractivity contribution in [2.75, 3.05) is 13.6 Å². The van der Waals surface area contributed by atoms with Crippen LogP contribution >= 0.6 is 0 Å². The molecule has 0 saturated heterocycles. The van der Waals surface area contributed by atoms with Crippen molar-refractivity contribution in [3.05, 3.63) is 0 Å². The van der Waals surface area contributed by atoms with E-state index in [1.165, 1.54) is 6.42 Å². The number of hydrogen-bond donors (Lipinski definition) is 2. The van der Waals surface area contributed by atoms with Gasteiger partial charge in [-0.1, -0.05) is 0 Å². The standard InChI is InChI=1S/C10H19NO2/c1-11-7-6-8-2-4-9(5-3-8)10(12)13/h8-9,11H,2-7H2,1H3,(H,12,13). The summed E-state index contributed by atoms with van der Waals surface area (Å²) in [5.74, 6) is 0.0842. The summed E-state index contributed by atoms with van der Waals surface area (Å²) >= 11 is 0. The number of carboxylic acids is 1. The van der Waals surface area contributed by atoms with Gasteiger partial charge in [0.15, 0.2) is 0 Å². The zero-order chi connectivity index (χ0) is 9.68. The van der Waals surface area contributed by atoms with E-state index in [1.807, 2.05) is 7.05 Å². The van der Waals surface area contributed by atoms with E-state index in [0.717, 1.165) is 38.1 Å². The summed E-state index contributed by atoms with van der Waals surface area (Å²) in [4.78, 5) is 10.7. The molecule has 1 saturated carbocycles. The molecular weight excluding hydrogens is 166 g/mol. The highest BCUT2D eigenvalue weighted by Crippen LogP contribution is 2.30. The van der Waals surface area contributed by atoms with Crippen LogP contribution in [0.1, 0.15) is 32.1 Å². The van der Waals surface area contributed by atoms with Crippen molar-refractivity contribution in [1.29, 1.82) is 0 Å². The van der Waals surface area contributed by atoms with Gasteiger partial charge in [-0.25, -0.2) is 0 Å². The maximum atomic E-state index is 10.7. The molecule has 1 fully saturated rings. The fourth-order valence-corrected chi connectivity index (χ4v) is 2.05. The average molecular weight is 185 g/mol. The maximum absolute atomic E-state index is 10.7. The largest absolute Gasteiger partial charge is 0.481 e. The van der Waals surface area contributed by atoms with E-state index in [0.29, 0.717) is 0 Å². The molecule has 0 unspecified atom stereocenters. The molecule has 0 radical (unpaired) electrons. The smallest absolute Gasteiger partial charge is 0.306 e. The lowest BCUT2D eigenvalue weighted by molar-refractivity contribution is -0.143. The first-order chi connectivity index (χ1) is 6.24. The highest BCUT2D eigenvalue weighted by molar-refractivity contribution is 5.69. The van der Waals surface area contributed by atoms with Gasteiger partial charge in [0.25, 0.3) is 0 Å². The number of nitrogens with one attached hydrogen (secondary N) is 1. The van der Waals surface area contributed by atoms with Crippen LogP contribution in [-0.4, -0.2) is 24.7 Å². The van der Waals surface area contributed by atoms with Crippen molar-refractivity contribution in [1.82, 2.24) is 5.32 Å². The van der Waals surface area contributed by atoms with Gasteiger partial charge in [-0.05, 0) is 51.6 Å². The molecular formula is C10H19NO2. The number of carbonyl (C=O) groups is 1. The van der Waals surface area contributed by atoms with Gasteiger partial charge in [0.05, 0.1) is 5.92 Å². The predicted molar refractivity (Wildman–Crippen MR) is 51.6 cm³/mol. The number of rotatable bonds is 4. The van der Waals surface area contributed by atoms with Crippen molar-refractivity contribution in [2.45, 2.75) is 32.1 Å². The van der Waals surface area contributed by atoms with E-state index in [9.17, 15) is 4.79 Å². The van der Waals surface area contributed by atoms with Crippen LogP contribution in [0.2, 0.25) is 0 Å². The molecule has 0 aliphatic heterocycles. The van der Waals surface area contributed by atoms with E-state index in [1.54, 1.807) is 0 Å². The maximum Gasteiger partial charge on any atom is 0.306 e. The zero-order valence-electron chi connectivity index (χ0n) is 8.25. The van der Waals surface area contributed by atoms with Crippen molar-refractivity contribution < 1.29 is 9.90 Å². The van der Waals surface area contributed by atoms with Crippen LogP contribution in [0.5, 0.6) is 0 Å². The minimum Gasteiger partial charge on any atom is -0.481 e. The minimum atomic E-state index is -0.605. The normalized spacial score (nSPS) is 28.7. The Bertz CT molecular complexity index is 162. The monoisotopic (exact) mass is 185 g/mol. The summed E-state index contributed by atoms with van der Waals surface area (Å²) in [5.41, 5.74) is 0. The third-order valence-corrected chi connectivity index (χ3v) is 3.00. The van der Waals surface area contributed by atoms with Crippen molar-refractivity contribution in [2.24, 2.45) is 11.8 Å². The Labute approximate surface area is 79.5 Å². The van der Waals surface area contributed by atoms with E-state index in [-0.39, 0.29) is 5.92 Å². The molecule has 0 aromatic rings. The molecule has 3 nitrogen and oxygen atoms in total. The highest BCUT2D eigenvalue weighted by atomic mass is 16.4.